The van der Waals surface area contributed by atoms with Crippen molar-refractivity contribution in [3.63, 3.8) is 0 Å². The number of aliphatic hydroxyl groups is 1. The molecule has 0 saturated heterocycles. The van der Waals surface area contributed by atoms with Gasteiger partial charge >= 0.3 is 0 Å². The topological polar surface area (TPSA) is 29.5 Å². The first-order chi connectivity index (χ1) is 11.2. The fourth-order valence-corrected chi connectivity index (χ4v) is 3.33. The van der Waals surface area contributed by atoms with Gasteiger partial charge < -0.3 is 14.3 Å². The second-order valence-electron chi connectivity index (χ2n) is 6.94. The summed E-state index contributed by atoms with van der Waals surface area (Å²) in [6, 6.07) is 0. The fraction of sp³-hybridized carbons (Fsp3) is 1.00. The van der Waals surface area contributed by atoms with Gasteiger partial charge in [0.2, 0.25) is 0 Å². The van der Waals surface area contributed by atoms with Crippen molar-refractivity contribution >= 4 is 0 Å². The number of rotatable bonds is 18. The van der Waals surface area contributed by atoms with Gasteiger partial charge in [0.15, 0.2) is 0 Å². The molecule has 0 aromatic rings. The zero-order valence-corrected chi connectivity index (χ0v) is 16.3. The van der Waals surface area contributed by atoms with Gasteiger partial charge in [0.1, 0.15) is 6.54 Å². The van der Waals surface area contributed by atoms with Gasteiger partial charge in [-0.1, -0.05) is 58.3 Å². The largest absolute Gasteiger partial charge is 0.394 e. The van der Waals surface area contributed by atoms with E-state index in [0.717, 1.165) is 13.2 Å². The molecule has 0 saturated carbocycles. The molecule has 0 amide bonds. The van der Waals surface area contributed by atoms with E-state index in [4.69, 9.17) is 9.84 Å². The predicted octanol–water partition coefficient (Wildman–Crippen LogP) is 4.77. The average molecular weight is 331 g/mol. The number of nitrogens with zero attached hydrogens (tertiary/aromatic N) is 1. The summed E-state index contributed by atoms with van der Waals surface area (Å²) in [5.74, 6) is 0. The van der Waals surface area contributed by atoms with Crippen LogP contribution in [0.2, 0.25) is 0 Å². The molecule has 0 atom stereocenters. The van der Waals surface area contributed by atoms with Crippen molar-refractivity contribution in [2.45, 2.75) is 85.0 Å². The maximum absolute atomic E-state index is 8.78. The number of hydrogen-bond acceptors (Lipinski definition) is 2. The third-order valence-corrected chi connectivity index (χ3v) is 5.27. The molecule has 0 unspecified atom stereocenters. The minimum absolute atomic E-state index is 0.136. The zero-order chi connectivity index (χ0) is 17.2. The quantitative estimate of drug-likeness (QED) is 0.290. The van der Waals surface area contributed by atoms with Gasteiger partial charge in [-0.25, -0.2) is 0 Å². The number of unbranched alkanes of at least 4 members (excludes halogenated alkanes) is 9. The highest BCUT2D eigenvalue weighted by molar-refractivity contribution is 4.49. The molecule has 0 aromatic carbocycles. The summed E-state index contributed by atoms with van der Waals surface area (Å²) in [6.45, 7) is 13.0. The molecule has 0 fully saturated rings. The lowest BCUT2D eigenvalue weighted by molar-refractivity contribution is -0.925. The first kappa shape index (κ1) is 22.9. The lowest BCUT2D eigenvalue weighted by Gasteiger charge is -2.37. The minimum atomic E-state index is 0.136. The van der Waals surface area contributed by atoms with Crippen molar-refractivity contribution in [3.8, 4) is 0 Å². The van der Waals surface area contributed by atoms with Crippen LogP contribution < -0.4 is 0 Å². The van der Waals surface area contributed by atoms with E-state index in [-0.39, 0.29) is 6.61 Å². The highest BCUT2D eigenvalue weighted by atomic mass is 16.5. The molecule has 140 valence electrons. The maximum Gasteiger partial charge on any atom is 0.102 e. The Morgan fingerprint density at radius 2 is 1.17 bits per heavy atom. The number of aliphatic hydroxyl groups excluding tert-OH is 1. The molecule has 0 bridgehead atoms. The van der Waals surface area contributed by atoms with Crippen molar-refractivity contribution < 1.29 is 14.3 Å². The molecule has 3 nitrogen and oxygen atoms in total. The molecule has 0 rings (SSSR count). The highest BCUT2D eigenvalue weighted by Gasteiger charge is 2.22. The van der Waals surface area contributed by atoms with Crippen molar-refractivity contribution in [1.82, 2.24) is 0 Å². The van der Waals surface area contributed by atoms with Crippen molar-refractivity contribution in [3.05, 3.63) is 0 Å². The number of likely N-dealkylation sites (N-methyl/N-ethyl adjacent to an activating group) is 1. The second-order valence-corrected chi connectivity index (χ2v) is 6.94. The van der Waals surface area contributed by atoms with Crippen LogP contribution in [0.4, 0.5) is 0 Å². The molecule has 23 heavy (non-hydrogen) atoms. The molecule has 0 radical (unpaired) electrons. The Labute approximate surface area is 146 Å². The van der Waals surface area contributed by atoms with Crippen LogP contribution in [-0.4, -0.2) is 55.6 Å². The van der Waals surface area contributed by atoms with Crippen LogP contribution in [0, 0.1) is 0 Å². The molecule has 3 heteroatoms. The number of ether oxygens (including phenoxy) is 1. The molecular weight excluding hydrogens is 286 g/mol. The molecule has 0 spiro atoms. The van der Waals surface area contributed by atoms with Gasteiger partial charge in [0.05, 0.1) is 39.5 Å². The molecular formula is C20H44NO2+. The summed E-state index contributed by atoms with van der Waals surface area (Å²) in [5.41, 5.74) is 0. The Bertz CT molecular complexity index is 230. The molecule has 0 aliphatic carbocycles. The van der Waals surface area contributed by atoms with Crippen LogP contribution in [0.5, 0.6) is 0 Å². The third-order valence-electron chi connectivity index (χ3n) is 5.27. The Morgan fingerprint density at radius 3 is 1.65 bits per heavy atom. The van der Waals surface area contributed by atoms with Gasteiger partial charge in [0, 0.05) is 0 Å². The summed E-state index contributed by atoms with van der Waals surface area (Å²) in [6.07, 6.45) is 14.0. The lowest BCUT2D eigenvalue weighted by Crippen LogP contribution is -2.50. The second kappa shape index (κ2) is 16.7. The zero-order valence-electron chi connectivity index (χ0n) is 16.3. The Morgan fingerprint density at radius 1 is 0.652 bits per heavy atom. The van der Waals surface area contributed by atoms with Gasteiger partial charge in [-0.2, -0.15) is 0 Å². The summed E-state index contributed by atoms with van der Waals surface area (Å²) >= 11 is 0. The Kier molecular flexibility index (Phi) is 16.6. The summed E-state index contributed by atoms with van der Waals surface area (Å²) in [5, 5.41) is 8.78. The normalized spacial score (nSPS) is 12.0. The SMILES string of the molecule is CCCCCCCCCCCC[N+](CC)(CC)CCOCCO. The van der Waals surface area contributed by atoms with Crippen LogP contribution in [0.25, 0.3) is 0 Å². The van der Waals surface area contributed by atoms with Crippen LogP contribution in [-0.2, 0) is 4.74 Å². The highest BCUT2D eigenvalue weighted by Crippen LogP contribution is 2.13. The van der Waals surface area contributed by atoms with Gasteiger partial charge in [-0.05, 0) is 26.7 Å². The van der Waals surface area contributed by atoms with E-state index in [9.17, 15) is 0 Å². The lowest BCUT2D eigenvalue weighted by atomic mass is 10.1. The smallest absolute Gasteiger partial charge is 0.102 e. The van der Waals surface area contributed by atoms with Gasteiger partial charge in [-0.3, -0.25) is 0 Å². The van der Waals surface area contributed by atoms with Crippen LogP contribution in [0.3, 0.4) is 0 Å². The summed E-state index contributed by atoms with van der Waals surface area (Å²) in [7, 11) is 0. The molecule has 1 N–H and O–H groups in total. The standard InChI is InChI=1S/C20H44NO2/c1-4-7-8-9-10-11-12-13-14-15-16-21(5-2,6-3)17-19-23-20-18-22/h22H,4-20H2,1-3H3/q+1. The van der Waals surface area contributed by atoms with Gasteiger partial charge in [0.25, 0.3) is 0 Å². The molecule has 0 aromatic heterocycles. The van der Waals surface area contributed by atoms with Crippen molar-refractivity contribution in [1.29, 1.82) is 0 Å². The van der Waals surface area contributed by atoms with E-state index in [1.807, 2.05) is 0 Å². The van der Waals surface area contributed by atoms with E-state index >= 15 is 0 Å². The number of hydrogen-bond donors (Lipinski definition) is 1. The first-order valence-corrected chi connectivity index (χ1v) is 10.3. The van der Waals surface area contributed by atoms with Crippen molar-refractivity contribution in [2.75, 3.05) is 46.0 Å². The summed E-state index contributed by atoms with van der Waals surface area (Å²) < 4.78 is 6.65. The predicted molar refractivity (Wildman–Crippen MR) is 101 cm³/mol. The Balaban J connectivity index is 3.63. The van der Waals surface area contributed by atoms with E-state index in [1.165, 1.54) is 88.3 Å². The molecule has 0 heterocycles. The van der Waals surface area contributed by atoms with E-state index in [1.54, 1.807) is 0 Å². The third kappa shape index (κ3) is 12.9. The Hall–Kier alpha value is -0.120. The molecule has 0 aliphatic rings. The van der Waals surface area contributed by atoms with E-state index in [2.05, 4.69) is 20.8 Å². The minimum Gasteiger partial charge on any atom is -0.394 e. The van der Waals surface area contributed by atoms with E-state index in [0.29, 0.717) is 6.61 Å². The molecule has 0 aliphatic heterocycles. The van der Waals surface area contributed by atoms with Crippen LogP contribution in [0.15, 0.2) is 0 Å². The van der Waals surface area contributed by atoms with Crippen molar-refractivity contribution in [2.24, 2.45) is 0 Å². The first-order valence-electron chi connectivity index (χ1n) is 10.3. The van der Waals surface area contributed by atoms with Crippen LogP contribution in [0.1, 0.15) is 85.0 Å². The average Bonchev–Trinajstić information content (AvgIpc) is 2.58. The maximum atomic E-state index is 8.78. The van der Waals surface area contributed by atoms with Crippen LogP contribution >= 0.6 is 0 Å². The fourth-order valence-electron chi connectivity index (χ4n) is 3.33. The monoisotopic (exact) mass is 330 g/mol. The number of quaternary nitrogens is 1. The van der Waals surface area contributed by atoms with Gasteiger partial charge in [-0.15, -0.1) is 0 Å². The summed E-state index contributed by atoms with van der Waals surface area (Å²) in [4.78, 5) is 0. The van der Waals surface area contributed by atoms with E-state index < -0.39 is 0 Å².